The highest BCUT2D eigenvalue weighted by molar-refractivity contribution is 7.89. The SMILES string of the molecule is COc1cnc(C(F)F)cc1-c1cc(C)ncc1C(=O)NS(=O)(=O)Cc1ccc([C@@H](C)OC)cc1. The van der Waals surface area contributed by atoms with Gasteiger partial charge in [0.1, 0.15) is 11.4 Å². The molecule has 1 aromatic carbocycles. The lowest BCUT2D eigenvalue weighted by atomic mass is 9.99. The van der Waals surface area contributed by atoms with Crippen molar-refractivity contribution in [1.29, 1.82) is 0 Å². The predicted octanol–water partition coefficient (Wildman–Crippen LogP) is 4.37. The monoisotopic (exact) mass is 505 g/mol. The molecule has 2 heterocycles. The molecule has 8 nitrogen and oxygen atoms in total. The number of ether oxygens (including phenoxy) is 2. The molecule has 186 valence electrons. The van der Waals surface area contributed by atoms with Crippen molar-refractivity contribution < 1.29 is 31.5 Å². The van der Waals surface area contributed by atoms with E-state index in [0.29, 0.717) is 11.3 Å². The summed E-state index contributed by atoms with van der Waals surface area (Å²) in [5, 5.41) is 0. The summed E-state index contributed by atoms with van der Waals surface area (Å²) in [6, 6.07) is 9.37. The van der Waals surface area contributed by atoms with E-state index in [0.717, 1.165) is 17.8 Å². The van der Waals surface area contributed by atoms with Crippen LogP contribution in [0.4, 0.5) is 8.78 Å². The summed E-state index contributed by atoms with van der Waals surface area (Å²) < 4.78 is 64.5. The van der Waals surface area contributed by atoms with Crippen LogP contribution in [-0.2, 0) is 20.5 Å². The zero-order valence-corrected chi connectivity index (χ0v) is 20.4. The fourth-order valence-electron chi connectivity index (χ4n) is 3.39. The number of hydrogen-bond acceptors (Lipinski definition) is 7. The maximum absolute atomic E-state index is 13.3. The van der Waals surface area contributed by atoms with E-state index in [4.69, 9.17) is 9.47 Å². The van der Waals surface area contributed by atoms with Gasteiger partial charge in [-0.2, -0.15) is 0 Å². The predicted molar refractivity (Wildman–Crippen MR) is 126 cm³/mol. The molecule has 3 rings (SSSR count). The number of nitrogens with one attached hydrogen (secondary N) is 1. The van der Waals surface area contributed by atoms with Crippen LogP contribution >= 0.6 is 0 Å². The van der Waals surface area contributed by atoms with Gasteiger partial charge in [0.2, 0.25) is 10.0 Å². The molecule has 3 aromatic rings. The average Bonchev–Trinajstić information content (AvgIpc) is 2.82. The first kappa shape index (κ1) is 26.2. The first-order chi connectivity index (χ1) is 16.5. The van der Waals surface area contributed by atoms with Crippen molar-refractivity contribution in [1.82, 2.24) is 14.7 Å². The number of sulfonamides is 1. The van der Waals surface area contributed by atoms with Crippen molar-refractivity contribution in [2.45, 2.75) is 32.1 Å². The summed E-state index contributed by atoms with van der Waals surface area (Å²) in [6.45, 7) is 3.51. The van der Waals surface area contributed by atoms with Gasteiger partial charge in [-0.25, -0.2) is 21.9 Å². The number of carbonyl (C=O) groups is 1. The number of alkyl halides is 2. The maximum Gasteiger partial charge on any atom is 0.280 e. The number of methoxy groups -OCH3 is 2. The number of hydrogen-bond donors (Lipinski definition) is 1. The molecule has 1 N–H and O–H groups in total. The Kier molecular flexibility index (Phi) is 8.13. The quantitative estimate of drug-likeness (QED) is 0.460. The van der Waals surface area contributed by atoms with E-state index in [1.54, 1.807) is 38.3 Å². The third-order valence-corrected chi connectivity index (χ3v) is 6.52. The van der Waals surface area contributed by atoms with Crippen LogP contribution in [-0.4, -0.2) is 38.5 Å². The molecule has 11 heteroatoms. The maximum atomic E-state index is 13.3. The van der Waals surface area contributed by atoms with Crippen LogP contribution in [0.3, 0.4) is 0 Å². The summed E-state index contributed by atoms with van der Waals surface area (Å²) in [5.74, 6) is -1.25. The zero-order valence-electron chi connectivity index (χ0n) is 19.6. The van der Waals surface area contributed by atoms with E-state index in [2.05, 4.69) is 9.97 Å². The van der Waals surface area contributed by atoms with Gasteiger partial charge in [0, 0.05) is 30.1 Å². The molecule has 0 bridgehead atoms. The van der Waals surface area contributed by atoms with Crippen LogP contribution < -0.4 is 9.46 Å². The minimum atomic E-state index is -4.09. The Bertz CT molecular complexity index is 1320. The van der Waals surface area contributed by atoms with Crippen molar-refractivity contribution in [2.24, 2.45) is 0 Å². The van der Waals surface area contributed by atoms with E-state index in [9.17, 15) is 22.0 Å². The third-order valence-electron chi connectivity index (χ3n) is 5.32. The van der Waals surface area contributed by atoms with Crippen LogP contribution in [0.25, 0.3) is 11.1 Å². The minimum absolute atomic E-state index is 0.117. The molecule has 2 aromatic heterocycles. The second kappa shape index (κ2) is 10.9. The van der Waals surface area contributed by atoms with Gasteiger partial charge in [-0.15, -0.1) is 0 Å². The van der Waals surface area contributed by atoms with Gasteiger partial charge < -0.3 is 9.47 Å². The lowest BCUT2D eigenvalue weighted by molar-refractivity contribution is 0.0981. The van der Waals surface area contributed by atoms with Gasteiger partial charge >= 0.3 is 0 Å². The Hall–Kier alpha value is -3.44. The van der Waals surface area contributed by atoms with Crippen LogP contribution in [0.1, 0.15) is 52.3 Å². The molecule has 0 saturated heterocycles. The Morgan fingerprint density at radius 3 is 2.34 bits per heavy atom. The number of pyridine rings is 2. The molecule has 0 fully saturated rings. The number of aromatic nitrogens is 2. The standard InChI is InChI=1S/C24H25F2N3O5S/c1-14-9-18(19-10-21(23(25)26)28-12-22(19)34-4)20(11-27-14)24(30)29-35(31,32)13-16-5-7-17(8-6-16)15(2)33-3/h5-12,15,23H,13H2,1-4H3,(H,29,30)/t15-/m1/s1. The highest BCUT2D eigenvalue weighted by atomic mass is 32.2. The fourth-order valence-corrected chi connectivity index (χ4v) is 4.48. The average molecular weight is 506 g/mol. The van der Waals surface area contributed by atoms with Gasteiger partial charge in [-0.05, 0) is 37.1 Å². The summed E-state index contributed by atoms with van der Waals surface area (Å²) in [4.78, 5) is 20.7. The van der Waals surface area contributed by atoms with E-state index in [-0.39, 0.29) is 28.5 Å². The number of nitrogens with zero attached hydrogens (tertiary/aromatic N) is 2. The molecule has 0 unspecified atom stereocenters. The summed E-state index contributed by atoms with van der Waals surface area (Å²) in [6.07, 6.45) is -0.681. The second-order valence-electron chi connectivity index (χ2n) is 7.79. The van der Waals surface area contributed by atoms with E-state index < -0.39 is 33.8 Å². The van der Waals surface area contributed by atoms with Crippen LogP contribution in [0.5, 0.6) is 5.75 Å². The normalized spacial score (nSPS) is 12.4. The van der Waals surface area contributed by atoms with Crippen LogP contribution in [0, 0.1) is 6.92 Å². The highest BCUT2D eigenvalue weighted by Gasteiger charge is 2.23. The lowest BCUT2D eigenvalue weighted by Gasteiger charge is -2.15. The number of rotatable bonds is 9. The van der Waals surface area contributed by atoms with Crippen molar-refractivity contribution >= 4 is 15.9 Å². The molecule has 0 spiro atoms. The number of amides is 1. The molecule has 0 aliphatic carbocycles. The summed E-state index contributed by atoms with van der Waals surface area (Å²) in [7, 11) is -1.18. The Morgan fingerprint density at radius 2 is 1.74 bits per heavy atom. The molecule has 35 heavy (non-hydrogen) atoms. The van der Waals surface area contributed by atoms with Crippen molar-refractivity contribution in [3.05, 3.63) is 76.9 Å². The van der Waals surface area contributed by atoms with Gasteiger partial charge in [-0.3, -0.25) is 14.8 Å². The Morgan fingerprint density at radius 1 is 1.06 bits per heavy atom. The smallest absolute Gasteiger partial charge is 0.280 e. The van der Waals surface area contributed by atoms with Gasteiger partial charge in [0.05, 0.1) is 30.7 Å². The second-order valence-corrected chi connectivity index (χ2v) is 9.51. The van der Waals surface area contributed by atoms with Gasteiger partial charge in [0.15, 0.2) is 0 Å². The minimum Gasteiger partial charge on any atom is -0.494 e. The van der Waals surface area contributed by atoms with Crippen molar-refractivity contribution in [3.63, 3.8) is 0 Å². The fraction of sp³-hybridized carbons (Fsp3) is 0.292. The first-order valence-corrected chi connectivity index (χ1v) is 12.2. The first-order valence-electron chi connectivity index (χ1n) is 10.5. The van der Waals surface area contributed by atoms with Crippen LogP contribution in [0.15, 0.2) is 48.8 Å². The number of carbonyl (C=O) groups excluding carboxylic acids is 1. The molecule has 0 aliphatic rings. The Labute approximate surface area is 202 Å². The van der Waals surface area contributed by atoms with Gasteiger partial charge in [-0.1, -0.05) is 24.3 Å². The molecular weight excluding hydrogens is 480 g/mol. The molecule has 1 atom stereocenters. The highest BCUT2D eigenvalue weighted by Crippen LogP contribution is 2.34. The van der Waals surface area contributed by atoms with Gasteiger partial charge in [0.25, 0.3) is 12.3 Å². The van der Waals surface area contributed by atoms with E-state index >= 15 is 0 Å². The molecule has 0 saturated carbocycles. The topological polar surface area (TPSA) is 107 Å². The van der Waals surface area contributed by atoms with Crippen molar-refractivity contribution in [3.8, 4) is 16.9 Å². The Balaban J connectivity index is 1.91. The third kappa shape index (κ3) is 6.37. The summed E-state index contributed by atoms with van der Waals surface area (Å²) >= 11 is 0. The van der Waals surface area contributed by atoms with Crippen LogP contribution in [0.2, 0.25) is 0 Å². The molecule has 0 radical (unpaired) electrons. The van der Waals surface area contributed by atoms with Crippen molar-refractivity contribution in [2.75, 3.05) is 14.2 Å². The molecular formula is C24H25F2N3O5S. The lowest BCUT2D eigenvalue weighted by Crippen LogP contribution is -2.32. The molecule has 1 amide bonds. The number of benzene rings is 1. The van der Waals surface area contributed by atoms with E-state index in [1.807, 2.05) is 11.6 Å². The molecule has 0 aliphatic heterocycles. The largest absolute Gasteiger partial charge is 0.494 e. The number of halogens is 2. The van der Waals surface area contributed by atoms with E-state index in [1.165, 1.54) is 19.4 Å². The summed E-state index contributed by atoms with van der Waals surface area (Å²) in [5.41, 5.74) is 1.55. The number of aryl methyl sites for hydroxylation is 1. The zero-order chi connectivity index (χ0) is 25.8.